The van der Waals surface area contributed by atoms with Crippen molar-refractivity contribution in [1.29, 1.82) is 0 Å². The van der Waals surface area contributed by atoms with Crippen LogP contribution in [0.2, 0.25) is 0 Å². The van der Waals surface area contributed by atoms with Crippen LogP contribution in [-0.2, 0) is 19.7 Å². The molecule has 0 radical (unpaired) electrons. The number of rotatable bonds is 7. The maximum atomic E-state index is 12.6. The van der Waals surface area contributed by atoms with Gasteiger partial charge in [-0.25, -0.2) is 16.8 Å². The molecule has 0 heterocycles. The molecular weight excluding hydrogens is 310 g/mol. The third-order valence-electron chi connectivity index (χ3n) is 4.19. The average molecular weight is 340 g/mol. The molecule has 2 unspecified atom stereocenters. The van der Waals surface area contributed by atoms with Gasteiger partial charge < -0.3 is 5.32 Å². The summed E-state index contributed by atoms with van der Waals surface area (Å²) in [5, 5.41) is 2.86. The molecule has 1 fully saturated rings. The number of nitrogens with one attached hydrogen (secondary N) is 1. The Labute approximate surface area is 129 Å². The summed E-state index contributed by atoms with van der Waals surface area (Å²) in [6.07, 6.45) is 4.46. The Hall–Kier alpha value is -0.140. The summed E-state index contributed by atoms with van der Waals surface area (Å²) in [5.41, 5.74) is -0.00673. The summed E-state index contributed by atoms with van der Waals surface area (Å²) in [7, 11) is -6.67. The third-order valence-corrected chi connectivity index (χ3v) is 7.59. The van der Waals surface area contributed by atoms with Crippen LogP contribution in [0.5, 0.6) is 0 Å². The molecule has 21 heavy (non-hydrogen) atoms. The van der Waals surface area contributed by atoms with E-state index in [-0.39, 0.29) is 23.0 Å². The maximum Gasteiger partial charge on any atom is 0.155 e. The first-order valence-corrected chi connectivity index (χ1v) is 11.4. The third kappa shape index (κ3) is 6.24. The van der Waals surface area contributed by atoms with Crippen LogP contribution in [0.15, 0.2) is 0 Å². The van der Waals surface area contributed by atoms with Crippen LogP contribution in [0.4, 0.5) is 0 Å². The molecule has 5 nitrogen and oxygen atoms in total. The van der Waals surface area contributed by atoms with Gasteiger partial charge in [0.05, 0.1) is 16.8 Å². The van der Waals surface area contributed by atoms with Gasteiger partial charge in [-0.15, -0.1) is 0 Å². The second-order valence-electron chi connectivity index (χ2n) is 7.00. The van der Waals surface area contributed by atoms with Gasteiger partial charge in [-0.05, 0) is 37.6 Å². The minimum atomic E-state index is -3.41. The van der Waals surface area contributed by atoms with E-state index in [2.05, 4.69) is 19.2 Å². The molecule has 7 heteroatoms. The lowest BCUT2D eigenvalue weighted by Crippen LogP contribution is -2.51. The Morgan fingerprint density at radius 3 is 2.29 bits per heavy atom. The number of hydrogen-bond donors (Lipinski definition) is 1. The molecule has 1 aliphatic carbocycles. The fourth-order valence-electron chi connectivity index (χ4n) is 2.88. The molecular formula is C14H29NO4S2. The second kappa shape index (κ2) is 6.96. The first-order valence-electron chi connectivity index (χ1n) is 7.59. The quantitative estimate of drug-likeness (QED) is 0.758. The highest BCUT2D eigenvalue weighted by atomic mass is 32.2. The Morgan fingerprint density at radius 1 is 1.14 bits per heavy atom. The van der Waals surface area contributed by atoms with E-state index in [9.17, 15) is 16.8 Å². The normalized spacial score (nSPS) is 26.7. The second-order valence-corrected chi connectivity index (χ2v) is 11.6. The summed E-state index contributed by atoms with van der Waals surface area (Å²) in [5.74, 6) is -0.552. The lowest BCUT2D eigenvalue weighted by Gasteiger charge is -2.40. The summed E-state index contributed by atoms with van der Waals surface area (Å²) in [4.78, 5) is 0. The van der Waals surface area contributed by atoms with E-state index in [0.29, 0.717) is 6.42 Å². The zero-order chi connectivity index (χ0) is 16.3. The van der Waals surface area contributed by atoms with Gasteiger partial charge in [-0.3, -0.25) is 0 Å². The fraction of sp³-hybridized carbons (Fsp3) is 1.00. The van der Waals surface area contributed by atoms with E-state index >= 15 is 0 Å². The van der Waals surface area contributed by atoms with Gasteiger partial charge in [0.25, 0.3) is 0 Å². The number of sulfone groups is 2. The highest BCUT2D eigenvalue weighted by Gasteiger charge is 2.41. The summed E-state index contributed by atoms with van der Waals surface area (Å²) in [6, 6.07) is -0.0532. The summed E-state index contributed by atoms with van der Waals surface area (Å²) < 4.78 is 47.7. The van der Waals surface area contributed by atoms with Crippen molar-refractivity contribution in [2.45, 2.75) is 57.7 Å². The van der Waals surface area contributed by atoms with Crippen LogP contribution in [0.25, 0.3) is 0 Å². The Bertz CT molecular complexity index is 537. The van der Waals surface area contributed by atoms with Gasteiger partial charge in [0, 0.05) is 12.3 Å². The standard InChI is InChI=1S/C14H29NO4S2/c1-5-8-15-12-6-7-14(2,3)11-13(12)21(18,19)10-9-20(4,16)17/h12-13,15H,5-11H2,1-4H3. The lowest BCUT2D eigenvalue weighted by atomic mass is 9.75. The highest BCUT2D eigenvalue weighted by molar-refractivity contribution is 7.95. The molecule has 0 saturated heterocycles. The molecule has 0 bridgehead atoms. The van der Waals surface area contributed by atoms with Gasteiger partial charge >= 0.3 is 0 Å². The van der Waals surface area contributed by atoms with E-state index in [1.54, 1.807) is 0 Å². The highest BCUT2D eigenvalue weighted by Crippen LogP contribution is 2.38. The molecule has 126 valence electrons. The molecule has 0 amide bonds. The minimum Gasteiger partial charge on any atom is -0.313 e. The number of hydrogen-bond acceptors (Lipinski definition) is 5. The molecule has 0 spiro atoms. The first kappa shape index (κ1) is 18.9. The minimum absolute atomic E-state index is 0.00673. The first-order chi connectivity index (χ1) is 9.47. The summed E-state index contributed by atoms with van der Waals surface area (Å²) >= 11 is 0. The van der Waals surface area contributed by atoms with Crippen molar-refractivity contribution < 1.29 is 16.8 Å². The van der Waals surface area contributed by atoms with Crippen molar-refractivity contribution in [2.75, 3.05) is 24.3 Å². The van der Waals surface area contributed by atoms with Gasteiger partial charge in [-0.1, -0.05) is 20.8 Å². The Morgan fingerprint density at radius 2 is 1.76 bits per heavy atom. The van der Waals surface area contributed by atoms with Crippen molar-refractivity contribution in [2.24, 2.45) is 5.41 Å². The van der Waals surface area contributed by atoms with Crippen LogP contribution in [0, 0.1) is 5.41 Å². The molecule has 1 N–H and O–H groups in total. The van der Waals surface area contributed by atoms with Gasteiger partial charge in [-0.2, -0.15) is 0 Å². The van der Waals surface area contributed by atoms with E-state index < -0.39 is 24.9 Å². The van der Waals surface area contributed by atoms with Gasteiger partial charge in [0.1, 0.15) is 9.84 Å². The molecule has 0 aliphatic heterocycles. The van der Waals surface area contributed by atoms with Crippen LogP contribution in [-0.4, -0.2) is 52.4 Å². The van der Waals surface area contributed by atoms with Gasteiger partial charge in [0.15, 0.2) is 9.84 Å². The van der Waals surface area contributed by atoms with Crippen molar-refractivity contribution >= 4 is 19.7 Å². The molecule has 0 aromatic heterocycles. The SMILES string of the molecule is CCCNC1CCC(C)(C)CC1S(=O)(=O)CCS(C)(=O)=O. The molecule has 1 saturated carbocycles. The van der Waals surface area contributed by atoms with Crippen molar-refractivity contribution in [3.63, 3.8) is 0 Å². The molecule has 0 aromatic carbocycles. The molecule has 1 rings (SSSR count). The van der Waals surface area contributed by atoms with Crippen LogP contribution >= 0.6 is 0 Å². The smallest absolute Gasteiger partial charge is 0.155 e. The zero-order valence-electron chi connectivity index (χ0n) is 13.6. The molecule has 0 aromatic rings. The van der Waals surface area contributed by atoms with E-state index in [1.165, 1.54) is 0 Å². The van der Waals surface area contributed by atoms with Crippen LogP contribution < -0.4 is 5.32 Å². The topological polar surface area (TPSA) is 80.3 Å². The average Bonchev–Trinajstić information content (AvgIpc) is 2.34. The Balaban J connectivity index is 2.89. The van der Waals surface area contributed by atoms with Crippen molar-refractivity contribution in [3.8, 4) is 0 Å². The van der Waals surface area contributed by atoms with Crippen molar-refractivity contribution in [1.82, 2.24) is 5.32 Å². The van der Waals surface area contributed by atoms with Crippen LogP contribution in [0.3, 0.4) is 0 Å². The lowest BCUT2D eigenvalue weighted by molar-refractivity contribution is 0.209. The predicted molar refractivity (Wildman–Crippen MR) is 87.0 cm³/mol. The molecule has 2 atom stereocenters. The maximum absolute atomic E-state index is 12.6. The van der Waals surface area contributed by atoms with E-state index in [1.807, 2.05) is 6.92 Å². The van der Waals surface area contributed by atoms with E-state index in [4.69, 9.17) is 0 Å². The van der Waals surface area contributed by atoms with Crippen molar-refractivity contribution in [3.05, 3.63) is 0 Å². The fourth-order valence-corrected chi connectivity index (χ4v) is 6.76. The predicted octanol–water partition coefficient (Wildman–Crippen LogP) is 1.39. The Kier molecular flexibility index (Phi) is 6.27. The zero-order valence-corrected chi connectivity index (χ0v) is 15.2. The molecule has 1 aliphatic rings. The largest absolute Gasteiger partial charge is 0.313 e. The van der Waals surface area contributed by atoms with Crippen LogP contribution in [0.1, 0.15) is 46.5 Å². The monoisotopic (exact) mass is 339 g/mol. The van der Waals surface area contributed by atoms with E-state index in [0.717, 1.165) is 32.1 Å². The van der Waals surface area contributed by atoms with Gasteiger partial charge in [0.2, 0.25) is 0 Å². The summed E-state index contributed by atoms with van der Waals surface area (Å²) in [6.45, 7) is 7.01.